The molecular weight excluding hydrogens is 354 g/mol. The molecule has 26 heavy (non-hydrogen) atoms. The number of rotatable bonds is 6. The molecule has 6 nitrogen and oxygen atoms in total. The first kappa shape index (κ1) is 17.8. The lowest BCUT2D eigenvalue weighted by Gasteiger charge is -2.12. The molecule has 134 valence electrons. The fraction of sp³-hybridized carbons (Fsp3) is 0.158. The van der Waals surface area contributed by atoms with Crippen molar-refractivity contribution in [3.8, 4) is 17.2 Å². The van der Waals surface area contributed by atoms with Crippen LogP contribution in [0.3, 0.4) is 0 Å². The summed E-state index contributed by atoms with van der Waals surface area (Å²) in [5.74, 6) is 0.850. The SMILES string of the molecule is CCOc1c(Cl)cccc1NC(=O)c1ccn(-c2ccc(OC)cc2)n1. The van der Waals surface area contributed by atoms with E-state index >= 15 is 0 Å². The van der Waals surface area contributed by atoms with E-state index in [1.807, 2.05) is 31.2 Å². The van der Waals surface area contributed by atoms with Gasteiger partial charge in [-0.25, -0.2) is 4.68 Å². The number of hydrogen-bond donors (Lipinski definition) is 1. The van der Waals surface area contributed by atoms with Crippen LogP contribution in [0.2, 0.25) is 5.02 Å². The second-order valence-electron chi connectivity index (χ2n) is 5.35. The summed E-state index contributed by atoms with van der Waals surface area (Å²) in [5.41, 5.74) is 1.61. The molecule has 0 unspecified atom stereocenters. The molecular formula is C19H18ClN3O3. The number of carbonyl (C=O) groups is 1. The van der Waals surface area contributed by atoms with Crippen LogP contribution in [0.1, 0.15) is 17.4 Å². The lowest BCUT2D eigenvalue weighted by molar-refractivity contribution is 0.102. The molecule has 7 heteroatoms. The van der Waals surface area contributed by atoms with Gasteiger partial charge in [0.05, 0.1) is 30.1 Å². The monoisotopic (exact) mass is 371 g/mol. The smallest absolute Gasteiger partial charge is 0.276 e. The number of nitrogens with zero attached hydrogens (tertiary/aromatic N) is 2. The zero-order valence-electron chi connectivity index (χ0n) is 14.4. The summed E-state index contributed by atoms with van der Waals surface area (Å²) < 4.78 is 12.3. The Morgan fingerprint density at radius 2 is 1.96 bits per heavy atom. The van der Waals surface area contributed by atoms with Gasteiger partial charge in [0.15, 0.2) is 11.4 Å². The topological polar surface area (TPSA) is 65.4 Å². The molecule has 0 aliphatic carbocycles. The molecule has 0 saturated carbocycles. The maximum atomic E-state index is 12.5. The van der Waals surface area contributed by atoms with Gasteiger partial charge in [-0.2, -0.15) is 5.10 Å². The Morgan fingerprint density at radius 3 is 2.65 bits per heavy atom. The van der Waals surface area contributed by atoms with Gasteiger partial charge in [0.2, 0.25) is 0 Å². The van der Waals surface area contributed by atoms with Crippen molar-refractivity contribution in [2.45, 2.75) is 6.92 Å². The first-order valence-electron chi connectivity index (χ1n) is 8.05. The second kappa shape index (κ2) is 7.93. The van der Waals surface area contributed by atoms with E-state index in [1.165, 1.54) is 0 Å². The highest BCUT2D eigenvalue weighted by Crippen LogP contribution is 2.33. The first-order chi connectivity index (χ1) is 12.6. The van der Waals surface area contributed by atoms with Gasteiger partial charge in [-0.3, -0.25) is 4.79 Å². The highest BCUT2D eigenvalue weighted by Gasteiger charge is 2.15. The van der Waals surface area contributed by atoms with Crippen LogP contribution in [-0.4, -0.2) is 29.4 Å². The third-order valence-electron chi connectivity index (χ3n) is 3.66. The Labute approximate surface area is 156 Å². The molecule has 0 aliphatic heterocycles. The van der Waals surface area contributed by atoms with Gasteiger partial charge < -0.3 is 14.8 Å². The van der Waals surface area contributed by atoms with Crippen molar-refractivity contribution in [3.05, 3.63) is 65.4 Å². The minimum atomic E-state index is -0.347. The molecule has 0 fully saturated rings. The second-order valence-corrected chi connectivity index (χ2v) is 5.75. The van der Waals surface area contributed by atoms with Crippen molar-refractivity contribution < 1.29 is 14.3 Å². The molecule has 1 heterocycles. The molecule has 0 aliphatic rings. The van der Waals surface area contributed by atoms with Gasteiger partial charge in [0.25, 0.3) is 5.91 Å². The van der Waals surface area contributed by atoms with Crippen LogP contribution in [-0.2, 0) is 0 Å². The molecule has 0 spiro atoms. The van der Waals surface area contributed by atoms with Crippen molar-refractivity contribution in [2.75, 3.05) is 19.0 Å². The number of nitrogens with one attached hydrogen (secondary N) is 1. The van der Waals surface area contributed by atoms with Crippen molar-refractivity contribution in [1.82, 2.24) is 9.78 Å². The Hall–Kier alpha value is -2.99. The van der Waals surface area contributed by atoms with Gasteiger partial charge in [0, 0.05) is 6.20 Å². The van der Waals surface area contributed by atoms with Crippen molar-refractivity contribution in [3.63, 3.8) is 0 Å². The van der Waals surface area contributed by atoms with E-state index in [-0.39, 0.29) is 11.6 Å². The maximum Gasteiger partial charge on any atom is 0.276 e. The number of anilines is 1. The Kier molecular flexibility index (Phi) is 5.43. The molecule has 2 aromatic carbocycles. The van der Waals surface area contributed by atoms with E-state index in [9.17, 15) is 4.79 Å². The van der Waals surface area contributed by atoms with Crippen LogP contribution >= 0.6 is 11.6 Å². The Morgan fingerprint density at radius 1 is 1.19 bits per heavy atom. The summed E-state index contributed by atoms with van der Waals surface area (Å²) in [6.07, 6.45) is 1.72. The van der Waals surface area contributed by atoms with Gasteiger partial charge >= 0.3 is 0 Å². The summed E-state index contributed by atoms with van der Waals surface area (Å²) in [5, 5.41) is 7.55. The van der Waals surface area contributed by atoms with Crippen LogP contribution in [0.25, 0.3) is 5.69 Å². The largest absolute Gasteiger partial charge is 0.497 e. The number of carbonyl (C=O) groups excluding carboxylic acids is 1. The number of aromatic nitrogens is 2. The number of methoxy groups -OCH3 is 1. The van der Waals surface area contributed by atoms with Crippen molar-refractivity contribution in [2.24, 2.45) is 0 Å². The average molecular weight is 372 g/mol. The van der Waals surface area contributed by atoms with Crippen LogP contribution in [0.15, 0.2) is 54.7 Å². The average Bonchev–Trinajstić information content (AvgIpc) is 3.15. The summed E-state index contributed by atoms with van der Waals surface area (Å²) in [6, 6.07) is 14.2. The molecule has 3 aromatic rings. The lowest BCUT2D eigenvalue weighted by atomic mass is 10.2. The lowest BCUT2D eigenvalue weighted by Crippen LogP contribution is -2.14. The van der Waals surface area contributed by atoms with Gasteiger partial charge in [-0.15, -0.1) is 0 Å². The van der Waals surface area contributed by atoms with E-state index < -0.39 is 0 Å². The molecule has 0 saturated heterocycles. The highest BCUT2D eigenvalue weighted by molar-refractivity contribution is 6.32. The van der Waals surface area contributed by atoms with Crippen LogP contribution < -0.4 is 14.8 Å². The normalized spacial score (nSPS) is 10.4. The summed E-state index contributed by atoms with van der Waals surface area (Å²) in [7, 11) is 1.61. The predicted molar refractivity (Wildman–Crippen MR) is 101 cm³/mol. The van der Waals surface area contributed by atoms with Crippen molar-refractivity contribution >= 4 is 23.2 Å². The zero-order chi connectivity index (χ0) is 18.5. The van der Waals surface area contributed by atoms with Crippen molar-refractivity contribution in [1.29, 1.82) is 0 Å². The van der Waals surface area contributed by atoms with E-state index in [4.69, 9.17) is 21.1 Å². The van der Waals surface area contributed by atoms with Gasteiger partial charge in [0.1, 0.15) is 5.75 Å². The third kappa shape index (κ3) is 3.81. The minimum absolute atomic E-state index is 0.281. The van der Waals surface area contributed by atoms with Crippen LogP contribution in [0.4, 0.5) is 5.69 Å². The number of amides is 1. The number of benzene rings is 2. The summed E-state index contributed by atoms with van der Waals surface area (Å²) in [6.45, 7) is 2.30. The van der Waals surface area contributed by atoms with E-state index in [1.54, 1.807) is 42.3 Å². The van der Waals surface area contributed by atoms with Gasteiger partial charge in [-0.1, -0.05) is 17.7 Å². The van der Waals surface area contributed by atoms with E-state index in [0.717, 1.165) is 11.4 Å². The molecule has 1 amide bonds. The summed E-state index contributed by atoms with van der Waals surface area (Å²) in [4.78, 5) is 12.5. The molecule has 1 N–H and O–H groups in total. The number of ether oxygens (including phenoxy) is 2. The summed E-state index contributed by atoms with van der Waals surface area (Å²) >= 11 is 6.14. The van der Waals surface area contributed by atoms with Crippen LogP contribution in [0, 0.1) is 0 Å². The minimum Gasteiger partial charge on any atom is -0.497 e. The first-order valence-corrected chi connectivity index (χ1v) is 8.43. The molecule has 0 bridgehead atoms. The fourth-order valence-electron chi connectivity index (χ4n) is 2.41. The predicted octanol–water partition coefficient (Wildman–Crippen LogP) is 4.19. The number of para-hydroxylation sites is 1. The molecule has 1 aromatic heterocycles. The zero-order valence-corrected chi connectivity index (χ0v) is 15.2. The van der Waals surface area contributed by atoms with E-state index in [2.05, 4.69) is 10.4 Å². The quantitative estimate of drug-likeness (QED) is 0.705. The highest BCUT2D eigenvalue weighted by atomic mass is 35.5. The standard InChI is InChI=1S/C19H18ClN3O3/c1-3-26-18-15(20)5-4-6-16(18)21-19(24)17-11-12-23(22-17)13-7-9-14(25-2)10-8-13/h4-12H,3H2,1-2H3,(H,21,24). The van der Waals surface area contributed by atoms with Gasteiger partial charge in [-0.05, 0) is 49.4 Å². The molecule has 0 atom stereocenters. The Balaban J connectivity index is 1.79. The van der Waals surface area contributed by atoms with Crippen LogP contribution in [0.5, 0.6) is 11.5 Å². The molecule has 0 radical (unpaired) electrons. The van der Waals surface area contributed by atoms with E-state index in [0.29, 0.717) is 23.1 Å². The Bertz CT molecular complexity index is 907. The third-order valence-corrected chi connectivity index (χ3v) is 3.96. The number of halogens is 1. The fourth-order valence-corrected chi connectivity index (χ4v) is 2.64. The maximum absolute atomic E-state index is 12.5. The molecule has 3 rings (SSSR count). The number of hydrogen-bond acceptors (Lipinski definition) is 4.